The number of alkyl halides is 3. The lowest BCUT2D eigenvalue weighted by Gasteiger charge is -2.16. The first-order valence-electron chi connectivity index (χ1n) is 6.95. The van der Waals surface area contributed by atoms with Crippen LogP contribution < -0.4 is 5.32 Å². The number of thiazole rings is 1. The van der Waals surface area contributed by atoms with E-state index in [1.165, 1.54) is 23.5 Å². The number of rotatable bonds is 2. The van der Waals surface area contributed by atoms with Crippen molar-refractivity contribution in [2.75, 3.05) is 5.32 Å². The van der Waals surface area contributed by atoms with Gasteiger partial charge in [0.1, 0.15) is 0 Å². The van der Waals surface area contributed by atoms with Crippen LogP contribution in [0.4, 0.5) is 18.3 Å². The van der Waals surface area contributed by atoms with E-state index in [9.17, 15) is 18.0 Å². The Morgan fingerprint density at radius 2 is 1.87 bits per heavy atom. The summed E-state index contributed by atoms with van der Waals surface area (Å²) in [5.41, 5.74) is -0.205. The number of carbonyl (C=O) groups is 1. The maximum atomic E-state index is 12.7. The minimum Gasteiger partial charge on any atom is -0.298 e. The van der Waals surface area contributed by atoms with Gasteiger partial charge >= 0.3 is 6.18 Å². The fourth-order valence-corrected chi connectivity index (χ4v) is 3.17. The van der Waals surface area contributed by atoms with Crippen LogP contribution >= 0.6 is 11.3 Å². The summed E-state index contributed by atoms with van der Waals surface area (Å²) >= 11 is 1.33. The third-order valence-corrected chi connectivity index (χ3v) is 4.65. The van der Waals surface area contributed by atoms with Crippen LogP contribution in [0.25, 0.3) is 0 Å². The summed E-state index contributed by atoms with van der Waals surface area (Å²) < 4.78 is 38.1. The fraction of sp³-hybridized carbons (Fsp3) is 0.375. The molecule has 0 saturated heterocycles. The molecule has 7 heteroatoms. The van der Waals surface area contributed by atoms with Gasteiger partial charge in [-0.25, -0.2) is 4.98 Å². The van der Waals surface area contributed by atoms with E-state index < -0.39 is 17.6 Å². The van der Waals surface area contributed by atoms with Gasteiger partial charge in [0.2, 0.25) is 0 Å². The van der Waals surface area contributed by atoms with E-state index in [1.54, 1.807) is 0 Å². The highest BCUT2D eigenvalue weighted by Crippen LogP contribution is 2.34. The number of amides is 1. The van der Waals surface area contributed by atoms with Gasteiger partial charge in [0, 0.05) is 10.4 Å². The average Bonchev–Trinajstić information content (AvgIpc) is 2.78. The van der Waals surface area contributed by atoms with Crippen molar-refractivity contribution in [2.45, 2.75) is 39.3 Å². The van der Waals surface area contributed by atoms with Crippen LogP contribution in [0.5, 0.6) is 0 Å². The Balaban J connectivity index is 2.23. The molecule has 2 aromatic rings. The first kappa shape index (κ1) is 17.5. The van der Waals surface area contributed by atoms with E-state index in [0.29, 0.717) is 5.13 Å². The van der Waals surface area contributed by atoms with Crippen LogP contribution in [0, 0.1) is 6.92 Å². The zero-order valence-corrected chi connectivity index (χ0v) is 14.0. The number of aryl methyl sites for hydroxylation is 1. The molecular formula is C16H17F3N2OS. The third-order valence-electron chi connectivity index (χ3n) is 3.15. The minimum absolute atomic E-state index is 0.0509. The molecule has 0 fully saturated rings. The van der Waals surface area contributed by atoms with Gasteiger partial charge in [-0.2, -0.15) is 13.2 Å². The van der Waals surface area contributed by atoms with Crippen LogP contribution in [0.1, 0.15) is 47.3 Å². The average molecular weight is 342 g/mol. The molecule has 0 bridgehead atoms. The first-order valence-corrected chi connectivity index (χ1v) is 7.76. The molecule has 1 heterocycles. The number of nitrogens with zero attached hydrogens (tertiary/aromatic N) is 1. The summed E-state index contributed by atoms with van der Waals surface area (Å²) in [4.78, 5) is 17.5. The van der Waals surface area contributed by atoms with Gasteiger partial charge in [0.25, 0.3) is 5.91 Å². The van der Waals surface area contributed by atoms with Crippen molar-refractivity contribution in [3.8, 4) is 0 Å². The van der Waals surface area contributed by atoms with Crippen LogP contribution in [0.15, 0.2) is 24.3 Å². The van der Waals surface area contributed by atoms with Crippen molar-refractivity contribution in [3.05, 3.63) is 46.0 Å². The van der Waals surface area contributed by atoms with Crippen LogP contribution in [-0.4, -0.2) is 10.9 Å². The summed E-state index contributed by atoms with van der Waals surface area (Å²) in [6, 6.07) is 4.32. The molecule has 1 aromatic carbocycles. The molecular weight excluding hydrogens is 325 g/mol. The molecule has 1 aromatic heterocycles. The number of hydrogen-bond donors (Lipinski definition) is 1. The monoisotopic (exact) mass is 342 g/mol. The fourth-order valence-electron chi connectivity index (χ4n) is 2.15. The Morgan fingerprint density at radius 3 is 2.39 bits per heavy atom. The molecule has 23 heavy (non-hydrogen) atoms. The van der Waals surface area contributed by atoms with E-state index in [0.717, 1.165) is 22.7 Å². The topological polar surface area (TPSA) is 42.0 Å². The highest BCUT2D eigenvalue weighted by atomic mass is 32.1. The Kier molecular flexibility index (Phi) is 4.52. The van der Waals surface area contributed by atoms with Crippen molar-refractivity contribution in [3.63, 3.8) is 0 Å². The number of anilines is 1. The van der Waals surface area contributed by atoms with Gasteiger partial charge in [-0.3, -0.25) is 10.1 Å². The zero-order valence-electron chi connectivity index (χ0n) is 13.2. The lowest BCUT2D eigenvalue weighted by Crippen LogP contribution is -2.13. The second-order valence-corrected chi connectivity index (χ2v) is 7.22. The van der Waals surface area contributed by atoms with E-state index >= 15 is 0 Å². The summed E-state index contributed by atoms with van der Waals surface area (Å²) in [5, 5.41) is 2.96. The van der Waals surface area contributed by atoms with E-state index in [-0.39, 0.29) is 11.0 Å². The van der Waals surface area contributed by atoms with Crippen molar-refractivity contribution in [2.24, 2.45) is 0 Å². The Morgan fingerprint density at radius 1 is 1.22 bits per heavy atom. The van der Waals surface area contributed by atoms with Crippen molar-refractivity contribution in [1.29, 1.82) is 0 Å². The smallest absolute Gasteiger partial charge is 0.298 e. The lowest BCUT2D eigenvalue weighted by molar-refractivity contribution is -0.137. The highest BCUT2D eigenvalue weighted by molar-refractivity contribution is 7.16. The summed E-state index contributed by atoms with van der Waals surface area (Å²) in [6.07, 6.45) is -4.48. The summed E-state index contributed by atoms with van der Waals surface area (Å²) in [7, 11) is 0. The first-order chi connectivity index (χ1) is 10.5. The van der Waals surface area contributed by atoms with Crippen molar-refractivity contribution < 1.29 is 18.0 Å². The standard InChI is InChI=1S/C16H17F3N2OS/c1-9-12(15(2,3)4)23-14(20-9)21-13(22)10-6-5-7-11(8-10)16(17,18)19/h5-8H,1-4H3,(H,20,21,22). The molecule has 0 unspecified atom stereocenters. The van der Waals surface area contributed by atoms with Gasteiger partial charge in [0.05, 0.1) is 11.3 Å². The van der Waals surface area contributed by atoms with Crippen LogP contribution in [0.2, 0.25) is 0 Å². The molecule has 1 N–H and O–H groups in total. The molecule has 0 saturated carbocycles. The summed E-state index contributed by atoms with van der Waals surface area (Å²) in [6.45, 7) is 7.95. The molecule has 2 rings (SSSR count). The predicted octanol–water partition coefficient (Wildman–Crippen LogP) is 5.02. The second-order valence-electron chi connectivity index (χ2n) is 6.22. The maximum absolute atomic E-state index is 12.7. The van der Waals surface area contributed by atoms with Crippen molar-refractivity contribution >= 4 is 22.4 Å². The lowest BCUT2D eigenvalue weighted by atomic mass is 9.94. The maximum Gasteiger partial charge on any atom is 0.416 e. The Hall–Kier alpha value is -1.89. The van der Waals surface area contributed by atoms with Gasteiger partial charge in [-0.15, -0.1) is 11.3 Å². The SMILES string of the molecule is Cc1nc(NC(=O)c2cccc(C(F)(F)F)c2)sc1C(C)(C)C. The normalized spacial score (nSPS) is 12.3. The quantitative estimate of drug-likeness (QED) is 0.832. The van der Waals surface area contributed by atoms with Crippen LogP contribution in [-0.2, 0) is 11.6 Å². The van der Waals surface area contributed by atoms with Gasteiger partial charge in [-0.1, -0.05) is 26.8 Å². The molecule has 124 valence electrons. The number of carbonyl (C=O) groups excluding carboxylic acids is 1. The van der Waals surface area contributed by atoms with E-state index in [2.05, 4.69) is 10.3 Å². The van der Waals surface area contributed by atoms with Gasteiger partial charge < -0.3 is 0 Å². The molecule has 3 nitrogen and oxygen atoms in total. The highest BCUT2D eigenvalue weighted by Gasteiger charge is 2.31. The molecule has 0 radical (unpaired) electrons. The number of hydrogen-bond acceptors (Lipinski definition) is 3. The largest absolute Gasteiger partial charge is 0.416 e. The molecule has 0 aliphatic rings. The Bertz CT molecular complexity index is 730. The third kappa shape index (κ3) is 4.10. The number of nitrogens with one attached hydrogen (secondary N) is 1. The van der Waals surface area contributed by atoms with Gasteiger partial charge in [-0.05, 0) is 30.5 Å². The Labute approximate surface area is 136 Å². The minimum atomic E-state index is -4.48. The van der Waals surface area contributed by atoms with Crippen molar-refractivity contribution in [1.82, 2.24) is 4.98 Å². The molecule has 0 aliphatic heterocycles. The van der Waals surface area contributed by atoms with Gasteiger partial charge in [0.15, 0.2) is 5.13 Å². The number of benzene rings is 1. The van der Waals surface area contributed by atoms with E-state index in [1.807, 2.05) is 27.7 Å². The molecule has 0 atom stereocenters. The molecule has 1 amide bonds. The molecule has 0 aliphatic carbocycles. The predicted molar refractivity (Wildman–Crippen MR) is 84.9 cm³/mol. The number of aromatic nitrogens is 1. The zero-order chi connectivity index (χ0) is 17.4. The second kappa shape index (κ2) is 5.96. The van der Waals surface area contributed by atoms with E-state index in [4.69, 9.17) is 0 Å². The van der Waals surface area contributed by atoms with Crippen LogP contribution in [0.3, 0.4) is 0 Å². The number of halogens is 3. The molecule has 0 spiro atoms. The summed E-state index contributed by atoms with van der Waals surface area (Å²) in [5.74, 6) is -0.606.